The van der Waals surface area contributed by atoms with Crippen LogP contribution < -0.4 is 9.04 Å². The summed E-state index contributed by atoms with van der Waals surface area (Å²) in [7, 11) is -2.75. The van der Waals surface area contributed by atoms with Gasteiger partial charge in [0.15, 0.2) is 5.82 Å². The molecule has 0 aliphatic heterocycles. The number of hydrogen-bond acceptors (Lipinski definition) is 3. The first kappa shape index (κ1) is 17.1. The Morgan fingerprint density at radius 2 is 1.91 bits per heavy atom. The van der Waals surface area contributed by atoms with Crippen molar-refractivity contribution in [2.75, 3.05) is 18.0 Å². The van der Waals surface area contributed by atoms with Gasteiger partial charge in [0.2, 0.25) is 0 Å². The molecule has 2 rings (SSSR count). The molecule has 0 atom stereocenters. The van der Waals surface area contributed by atoms with Crippen LogP contribution in [0.2, 0.25) is 5.02 Å². The Labute approximate surface area is 139 Å². The van der Waals surface area contributed by atoms with E-state index in [1.165, 1.54) is 31.3 Å². The van der Waals surface area contributed by atoms with E-state index in [0.717, 1.165) is 10.4 Å². The van der Waals surface area contributed by atoms with Crippen molar-refractivity contribution < 1.29 is 17.5 Å². The number of hydrogen-bond donors (Lipinski definition) is 0. The van der Waals surface area contributed by atoms with Crippen molar-refractivity contribution >= 4 is 27.3 Å². The Bertz CT molecular complexity index is 845. The fourth-order valence-electron chi connectivity index (χ4n) is 1.85. The Morgan fingerprint density at radius 1 is 1.26 bits per heavy atom. The van der Waals surface area contributed by atoms with Crippen LogP contribution in [0.3, 0.4) is 0 Å². The van der Waals surface area contributed by atoms with Crippen LogP contribution in [0.25, 0.3) is 0 Å². The highest BCUT2D eigenvalue weighted by Crippen LogP contribution is 2.28. The van der Waals surface area contributed by atoms with Gasteiger partial charge in [-0.1, -0.05) is 23.6 Å². The number of anilines is 1. The van der Waals surface area contributed by atoms with E-state index in [4.69, 9.17) is 22.8 Å². The average Bonchev–Trinajstić information content (AvgIpc) is 2.55. The molecule has 120 valence electrons. The zero-order valence-electron chi connectivity index (χ0n) is 12.2. The van der Waals surface area contributed by atoms with Gasteiger partial charge in [-0.25, -0.2) is 12.8 Å². The van der Waals surface area contributed by atoms with Gasteiger partial charge in [-0.3, -0.25) is 4.31 Å². The van der Waals surface area contributed by atoms with Crippen LogP contribution in [0, 0.1) is 18.2 Å². The third kappa shape index (κ3) is 3.58. The second-order valence-electron chi connectivity index (χ2n) is 4.51. The predicted octanol–water partition coefficient (Wildman–Crippen LogP) is 3.32. The van der Waals surface area contributed by atoms with Gasteiger partial charge in [0.25, 0.3) is 10.0 Å². The standard InChI is InChI=1S/C16H13ClFNO3S/c1-3-11-22-13-9-7-12(8-10-13)19(2)23(20,21)15-6-4-5-14(17)16(15)18/h1,4-10H,11H2,2H3. The highest BCUT2D eigenvalue weighted by atomic mass is 35.5. The first-order chi connectivity index (χ1) is 10.9. The molecule has 0 aliphatic rings. The van der Waals surface area contributed by atoms with Gasteiger partial charge in [0, 0.05) is 7.05 Å². The van der Waals surface area contributed by atoms with E-state index in [1.54, 1.807) is 12.1 Å². The molecule has 0 fully saturated rings. The molecule has 7 heteroatoms. The van der Waals surface area contributed by atoms with Crippen molar-refractivity contribution in [2.24, 2.45) is 0 Å². The molecule has 0 saturated heterocycles. The summed E-state index contributed by atoms with van der Waals surface area (Å²) in [6, 6.07) is 10.0. The topological polar surface area (TPSA) is 46.6 Å². The van der Waals surface area contributed by atoms with E-state index in [9.17, 15) is 12.8 Å². The minimum absolute atomic E-state index is 0.112. The van der Waals surface area contributed by atoms with Crippen molar-refractivity contribution in [3.05, 3.63) is 53.3 Å². The van der Waals surface area contributed by atoms with E-state index in [2.05, 4.69) is 5.92 Å². The Morgan fingerprint density at radius 3 is 2.52 bits per heavy atom. The van der Waals surface area contributed by atoms with Crippen molar-refractivity contribution in [1.82, 2.24) is 0 Å². The van der Waals surface area contributed by atoms with Crippen molar-refractivity contribution in [3.63, 3.8) is 0 Å². The molecule has 2 aromatic rings. The zero-order valence-corrected chi connectivity index (χ0v) is 13.7. The van der Waals surface area contributed by atoms with Gasteiger partial charge >= 0.3 is 0 Å². The van der Waals surface area contributed by atoms with E-state index in [-0.39, 0.29) is 11.6 Å². The molecule has 0 aromatic heterocycles. The van der Waals surface area contributed by atoms with Crippen molar-refractivity contribution in [2.45, 2.75) is 4.90 Å². The number of sulfonamides is 1. The monoisotopic (exact) mass is 353 g/mol. The first-order valence-electron chi connectivity index (χ1n) is 6.47. The van der Waals surface area contributed by atoms with Gasteiger partial charge in [0.1, 0.15) is 17.3 Å². The Balaban J connectivity index is 2.33. The second-order valence-corrected chi connectivity index (χ2v) is 6.86. The zero-order chi connectivity index (χ0) is 17.0. The molecule has 0 amide bonds. The molecule has 0 saturated carbocycles. The minimum atomic E-state index is -4.07. The summed E-state index contributed by atoms with van der Waals surface area (Å²) < 4.78 is 45.2. The summed E-state index contributed by atoms with van der Waals surface area (Å²) in [5.74, 6) is 1.86. The van der Waals surface area contributed by atoms with Crippen molar-refractivity contribution in [3.8, 4) is 18.1 Å². The number of halogens is 2. The summed E-state index contributed by atoms with van der Waals surface area (Å²) in [6.07, 6.45) is 5.09. The van der Waals surface area contributed by atoms with Crippen LogP contribution in [0.1, 0.15) is 0 Å². The van der Waals surface area contributed by atoms with Crippen LogP contribution in [0.5, 0.6) is 5.75 Å². The lowest BCUT2D eigenvalue weighted by molar-refractivity contribution is 0.370. The molecule has 0 bridgehead atoms. The molecule has 0 radical (unpaired) electrons. The van der Waals surface area contributed by atoms with Gasteiger partial charge < -0.3 is 4.74 Å². The van der Waals surface area contributed by atoms with E-state index < -0.39 is 20.7 Å². The summed E-state index contributed by atoms with van der Waals surface area (Å²) in [6.45, 7) is 0.112. The smallest absolute Gasteiger partial charge is 0.267 e. The molecule has 0 aliphatic carbocycles. The normalized spacial score (nSPS) is 10.9. The number of ether oxygens (including phenoxy) is 1. The lowest BCUT2D eigenvalue weighted by atomic mass is 10.3. The first-order valence-corrected chi connectivity index (χ1v) is 8.29. The quantitative estimate of drug-likeness (QED) is 0.775. The van der Waals surface area contributed by atoms with E-state index in [1.807, 2.05) is 0 Å². The highest BCUT2D eigenvalue weighted by molar-refractivity contribution is 7.92. The third-order valence-corrected chi connectivity index (χ3v) is 5.17. The molecule has 4 nitrogen and oxygen atoms in total. The van der Waals surface area contributed by atoms with Gasteiger partial charge in [-0.2, -0.15) is 0 Å². The van der Waals surface area contributed by atoms with E-state index in [0.29, 0.717) is 11.4 Å². The van der Waals surface area contributed by atoms with Gasteiger partial charge in [0.05, 0.1) is 10.7 Å². The predicted molar refractivity (Wildman–Crippen MR) is 87.8 cm³/mol. The second kappa shape index (κ2) is 6.90. The molecule has 2 aromatic carbocycles. The summed E-state index contributed by atoms with van der Waals surface area (Å²) in [5, 5.41) is -0.252. The maximum Gasteiger partial charge on any atom is 0.267 e. The number of rotatable bonds is 5. The fourth-order valence-corrected chi connectivity index (χ4v) is 3.36. The molecular weight excluding hydrogens is 341 g/mol. The summed E-state index contributed by atoms with van der Waals surface area (Å²) >= 11 is 5.65. The maximum absolute atomic E-state index is 14.0. The molecule has 0 spiro atoms. The maximum atomic E-state index is 14.0. The Hall–Kier alpha value is -2.23. The number of terminal acetylenes is 1. The van der Waals surface area contributed by atoms with Crippen LogP contribution >= 0.6 is 11.6 Å². The molecule has 0 heterocycles. The molecule has 0 unspecified atom stereocenters. The largest absolute Gasteiger partial charge is 0.481 e. The van der Waals surface area contributed by atoms with Crippen molar-refractivity contribution in [1.29, 1.82) is 0 Å². The lowest BCUT2D eigenvalue weighted by Gasteiger charge is -2.20. The number of benzene rings is 2. The van der Waals surface area contributed by atoms with E-state index >= 15 is 0 Å². The third-order valence-electron chi connectivity index (χ3n) is 3.08. The van der Waals surface area contributed by atoms with Crippen LogP contribution in [-0.4, -0.2) is 22.1 Å². The van der Waals surface area contributed by atoms with Crippen LogP contribution in [0.15, 0.2) is 47.4 Å². The SMILES string of the molecule is C#CCOc1ccc(N(C)S(=O)(=O)c2cccc(Cl)c2F)cc1. The summed E-state index contributed by atoms with van der Waals surface area (Å²) in [5.41, 5.74) is 0.345. The minimum Gasteiger partial charge on any atom is -0.481 e. The highest BCUT2D eigenvalue weighted by Gasteiger charge is 2.26. The Kier molecular flexibility index (Phi) is 5.14. The number of nitrogens with zero attached hydrogens (tertiary/aromatic N) is 1. The van der Waals surface area contributed by atoms with Crippen LogP contribution in [0.4, 0.5) is 10.1 Å². The molecular formula is C16H13ClFNO3S. The molecule has 23 heavy (non-hydrogen) atoms. The summed E-state index contributed by atoms with van der Waals surface area (Å²) in [4.78, 5) is -0.486. The van der Waals surface area contributed by atoms with Crippen LogP contribution in [-0.2, 0) is 10.0 Å². The average molecular weight is 354 g/mol. The lowest BCUT2D eigenvalue weighted by Crippen LogP contribution is -2.27. The molecule has 0 N–H and O–H groups in total. The van der Waals surface area contributed by atoms with Gasteiger partial charge in [-0.05, 0) is 36.4 Å². The van der Waals surface area contributed by atoms with Gasteiger partial charge in [-0.15, -0.1) is 6.42 Å². The fraction of sp³-hybridized carbons (Fsp3) is 0.125.